The zero-order valence-corrected chi connectivity index (χ0v) is 7.28. The molecule has 0 bridgehead atoms. The average molecular weight is 171 g/mol. The van der Waals surface area contributed by atoms with Crippen LogP contribution in [0, 0.1) is 5.92 Å². The second-order valence-corrected chi connectivity index (χ2v) is 3.23. The minimum Gasteiger partial charge on any atom is -0.481 e. The molecule has 68 valence electrons. The quantitative estimate of drug-likeness (QED) is 0.618. The molecule has 12 heavy (non-hydrogen) atoms. The van der Waals surface area contributed by atoms with E-state index in [1.807, 2.05) is 0 Å². The summed E-state index contributed by atoms with van der Waals surface area (Å²) in [6.07, 6.45) is 0.831. The van der Waals surface area contributed by atoms with Gasteiger partial charge in [0.15, 0.2) is 0 Å². The number of carboxylic acids is 1. The molecule has 0 spiro atoms. The van der Waals surface area contributed by atoms with E-state index in [0.717, 1.165) is 0 Å². The number of aliphatic carboxylic acids is 1. The highest BCUT2D eigenvalue weighted by Crippen LogP contribution is 2.22. The van der Waals surface area contributed by atoms with E-state index in [2.05, 4.69) is 0 Å². The van der Waals surface area contributed by atoms with Crippen LogP contribution in [-0.4, -0.2) is 35.0 Å². The van der Waals surface area contributed by atoms with Gasteiger partial charge >= 0.3 is 5.97 Å². The molecule has 0 aromatic rings. The Hall–Kier alpha value is -1.06. The van der Waals surface area contributed by atoms with Crippen LogP contribution in [-0.2, 0) is 9.59 Å². The molecular weight excluding hydrogens is 158 g/mol. The van der Waals surface area contributed by atoms with Gasteiger partial charge in [0.2, 0.25) is 5.91 Å². The molecule has 1 aliphatic heterocycles. The molecule has 0 aromatic carbocycles. The van der Waals surface area contributed by atoms with Gasteiger partial charge in [-0.3, -0.25) is 9.59 Å². The van der Waals surface area contributed by atoms with E-state index in [4.69, 9.17) is 5.11 Å². The second kappa shape index (κ2) is 3.13. The molecular formula is C8H13NO3. The van der Waals surface area contributed by atoms with E-state index in [0.29, 0.717) is 12.8 Å². The Bertz CT molecular complexity index is 214. The Balaban J connectivity index is 2.71. The molecule has 1 N–H and O–H groups in total. The molecule has 0 unspecified atom stereocenters. The Morgan fingerprint density at radius 1 is 1.67 bits per heavy atom. The normalized spacial score (nSPS) is 30.5. The number of amides is 1. The summed E-state index contributed by atoms with van der Waals surface area (Å²) in [5, 5.41) is 8.77. The van der Waals surface area contributed by atoms with Gasteiger partial charge < -0.3 is 10.0 Å². The summed E-state index contributed by atoms with van der Waals surface area (Å²) in [6.45, 7) is 1.77. The van der Waals surface area contributed by atoms with Gasteiger partial charge in [-0.05, 0) is 13.3 Å². The van der Waals surface area contributed by atoms with Crippen LogP contribution in [0.1, 0.15) is 19.8 Å². The molecule has 4 heteroatoms. The standard InChI is InChI=1S/C8H13NO3/c1-5-6(8(11)12)3-4-7(10)9(5)2/h5-6H,3-4H2,1-2H3,(H,11,12)/t5-,6+/m1/s1. The van der Waals surface area contributed by atoms with E-state index in [1.165, 1.54) is 4.90 Å². The third-order valence-corrected chi connectivity index (χ3v) is 2.57. The van der Waals surface area contributed by atoms with Crippen molar-refractivity contribution in [3.63, 3.8) is 0 Å². The van der Waals surface area contributed by atoms with Crippen molar-refractivity contribution >= 4 is 11.9 Å². The number of nitrogens with zero attached hydrogens (tertiary/aromatic N) is 1. The summed E-state index contributed by atoms with van der Waals surface area (Å²) in [6, 6.07) is -0.177. The smallest absolute Gasteiger partial charge is 0.308 e. The fourth-order valence-corrected chi connectivity index (χ4v) is 1.52. The lowest BCUT2D eigenvalue weighted by atomic mass is 9.90. The first kappa shape index (κ1) is 9.03. The number of carbonyl (C=O) groups is 2. The summed E-state index contributed by atoms with van der Waals surface area (Å²) in [4.78, 5) is 23.3. The van der Waals surface area contributed by atoms with Gasteiger partial charge in [0.1, 0.15) is 0 Å². The van der Waals surface area contributed by atoms with Crippen LogP contribution < -0.4 is 0 Å². The van der Waals surface area contributed by atoms with Crippen LogP contribution in [0.25, 0.3) is 0 Å². The Labute approximate surface area is 71.2 Å². The largest absolute Gasteiger partial charge is 0.481 e. The summed E-state index contributed by atoms with van der Waals surface area (Å²) < 4.78 is 0. The van der Waals surface area contributed by atoms with Crippen molar-refractivity contribution in [3.05, 3.63) is 0 Å². The fraction of sp³-hybridized carbons (Fsp3) is 0.750. The lowest BCUT2D eigenvalue weighted by Crippen LogP contribution is -2.47. The van der Waals surface area contributed by atoms with Crippen molar-refractivity contribution in [1.29, 1.82) is 0 Å². The molecule has 2 atom stereocenters. The third-order valence-electron chi connectivity index (χ3n) is 2.57. The highest BCUT2D eigenvalue weighted by molar-refractivity contribution is 5.81. The molecule has 0 aliphatic carbocycles. The Morgan fingerprint density at radius 2 is 2.25 bits per heavy atom. The maximum absolute atomic E-state index is 11.1. The van der Waals surface area contributed by atoms with Crippen molar-refractivity contribution in [2.45, 2.75) is 25.8 Å². The van der Waals surface area contributed by atoms with E-state index >= 15 is 0 Å². The van der Waals surface area contributed by atoms with Gasteiger partial charge in [0.05, 0.1) is 5.92 Å². The highest BCUT2D eigenvalue weighted by atomic mass is 16.4. The number of carbonyl (C=O) groups excluding carboxylic acids is 1. The monoisotopic (exact) mass is 171 g/mol. The van der Waals surface area contributed by atoms with Crippen molar-refractivity contribution in [1.82, 2.24) is 4.90 Å². The lowest BCUT2D eigenvalue weighted by molar-refractivity contribution is -0.149. The van der Waals surface area contributed by atoms with Gasteiger partial charge in [-0.25, -0.2) is 0 Å². The van der Waals surface area contributed by atoms with Gasteiger partial charge in [0.25, 0.3) is 0 Å². The number of likely N-dealkylation sites (tertiary alicyclic amines) is 1. The maximum atomic E-state index is 11.1. The molecule has 1 amide bonds. The average Bonchev–Trinajstić information content (AvgIpc) is 2.00. The van der Waals surface area contributed by atoms with Crippen molar-refractivity contribution < 1.29 is 14.7 Å². The summed E-state index contributed by atoms with van der Waals surface area (Å²) in [5.74, 6) is -1.16. The van der Waals surface area contributed by atoms with E-state index in [1.54, 1.807) is 14.0 Å². The third kappa shape index (κ3) is 1.42. The molecule has 0 radical (unpaired) electrons. The van der Waals surface area contributed by atoms with Crippen molar-refractivity contribution in [2.24, 2.45) is 5.92 Å². The van der Waals surface area contributed by atoms with Crippen LogP contribution >= 0.6 is 0 Å². The minimum atomic E-state index is -0.804. The number of carboxylic acid groups (broad SMARTS) is 1. The minimum absolute atomic E-state index is 0.0417. The molecule has 1 fully saturated rings. The molecule has 1 heterocycles. The molecule has 1 aliphatic rings. The molecule has 0 aromatic heterocycles. The zero-order valence-electron chi connectivity index (χ0n) is 7.28. The van der Waals surface area contributed by atoms with Crippen LogP contribution in [0.2, 0.25) is 0 Å². The molecule has 4 nitrogen and oxygen atoms in total. The number of piperidine rings is 1. The molecule has 1 saturated heterocycles. The predicted molar refractivity (Wildman–Crippen MR) is 42.6 cm³/mol. The predicted octanol–water partition coefficient (Wildman–Crippen LogP) is 0.328. The summed E-state index contributed by atoms with van der Waals surface area (Å²) in [7, 11) is 1.65. The van der Waals surface area contributed by atoms with Crippen LogP contribution in [0.15, 0.2) is 0 Å². The zero-order chi connectivity index (χ0) is 9.30. The van der Waals surface area contributed by atoms with Crippen LogP contribution in [0.3, 0.4) is 0 Å². The first-order valence-electron chi connectivity index (χ1n) is 4.02. The van der Waals surface area contributed by atoms with Crippen molar-refractivity contribution in [2.75, 3.05) is 7.05 Å². The first-order chi connectivity index (χ1) is 5.54. The van der Waals surface area contributed by atoms with Crippen molar-refractivity contribution in [3.8, 4) is 0 Å². The fourth-order valence-electron chi connectivity index (χ4n) is 1.52. The van der Waals surface area contributed by atoms with Crippen LogP contribution in [0.5, 0.6) is 0 Å². The Kier molecular flexibility index (Phi) is 2.35. The van der Waals surface area contributed by atoms with Gasteiger partial charge in [-0.15, -0.1) is 0 Å². The van der Waals surface area contributed by atoms with Crippen LogP contribution in [0.4, 0.5) is 0 Å². The molecule has 0 saturated carbocycles. The summed E-state index contributed by atoms with van der Waals surface area (Å²) in [5.41, 5.74) is 0. The number of hydrogen-bond donors (Lipinski definition) is 1. The van der Waals surface area contributed by atoms with E-state index in [9.17, 15) is 9.59 Å². The molecule has 1 rings (SSSR count). The van der Waals surface area contributed by atoms with E-state index in [-0.39, 0.29) is 11.9 Å². The topological polar surface area (TPSA) is 57.6 Å². The number of hydrogen-bond acceptors (Lipinski definition) is 2. The second-order valence-electron chi connectivity index (χ2n) is 3.23. The highest BCUT2D eigenvalue weighted by Gasteiger charge is 2.34. The van der Waals surface area contributed by atoms with Gasteiger partial charge in [-0.1, -0.05) is 0 Å². The maximum Gasteiger partial charge on any atom is 0.308 e. The lowest BCUT2D eigenvalue weighted by Gasteiger charge is -2.34. The first-order valence-corrected chi connectivity index (χ1v) is 4.02. The number of rotatable bonds is 1. The van der Waals surface area contributed by atoms with Gasteiger partial charge in [0, 0.05) is 19.5 Å². The summed E-state index contributed by atoms with van der Waals surface area (Å²) >= 11 is 0. The van der Waals surface area contributed by atoms with E-state index < -0.39 is 11.9 Å². The SMILES string of the molecule is C[C@@H]1[C@@H](C(=O)O)CCC(=O)N1C. The van der Waals surface area contributed by atoms with Gasteiger partial charge in [-0.2, -0.15) is 0 Å². The Morgan fingerprint density at radius 3 is 2.75 bits per heavy atom.